The van der Waals surface area contributed by atoms with E-state index in [0.29, 0.717) is 28.2 Å². The molecule has 0 spiro atoms. The Labute approximate surface area is 139 Å². The molecule has 4 heteroatoms. The third-order valence-electron chi connectivity index (χ3n) is 3.75. The zero-order valence-electron chi connectivity index (χ0n) is 12.9. The average Bonchev–Trinajstić information content (AvgIpc) is 2.63. The molecular formula is C20H16N2O2. The van der Waals surface area contributed by atoms with E-state index >= 15 is 0 Å². The second kappa shape index (κ2) is 6.79. The monoisotopic (exact) mass is 316 g/mol. The van der Waals surface area contributed by atoms with Crippen molar-refractivity contribution >= 4 is 28.8 Å². The summed E-state index contributed by atoms with van der Waals surface area (Å²) in [6.45, 7) is 0. The van der Waals surface area contributed by atoms with Gasteiger partial charge in [-0.15, -0.1) is 0 Å². The fraction of sp³-hybridized carbons (Fsp3) is 0. The van der Waals surface area contributed by atoms with E-state index in [-0.39, 0.29) is 0 Å². The van der Waals surface area contributed by atoms with Gasteiger partial charge >= 0.3 is 0 Å². The van der Waals surface area contributed by atoms with Gasteiger partial charge in [-0.2, -0.15) is 0 Å². The molecular weight excluding hydrogens is 300 g/mol. The second-order valence-corrected chi connectivity index (χ2v) is 5.25. The standard InChI is InChI=1S/C20H16N2O2/c21-11-18(12-22)16-6-8-20(17(9-16)13-23)24-19-7-5-14-3-1-2-4-15(14)10-19/h1-13,21H,22H2. The molecule has 4 nitrogen and oxygen atoms in total. The van der Waals surface area contributed by atoms with Crippen LogP contribution < -0.4 is 10.5 Å². The Morgan fingerprint density at radius 3 is 2.50 bits per heavy atom. The summed E-state index contributed by atoms with van der Waals surface area (Å²) >= 11 is 0. The summed E-state index contributed by atoms with van der Waals surface area (Å²) in [6, 6.07) is 18.9. The van der Waals surface area contributed by atoms with Crippen LogP contribution in [0.4, 0.5) is 0 Å². The number of nitrogens with one attached hydrogen (secondary N) is 1. The van der Waals surface area contributed by atoms with Crippen molar-refractivity contribution in [2.75, 3.05) is 0 Å². The number of hydrogen-bond acceptors (Lipinski definition) is 4. The Morgan fingerprint density at radius 1 is 1.00 bits per heavy atom. The molecule has 24 heavy (non-hydrogen) atoms. The van der Waals surface area contributed by atoms with Gasteiger partial charge in [-0.1, -0.05) is 36.4 Å². The highest BCUT2D eigenvalue weighted by Gasteiger charge is 2.08. The average molecular weight is 316 g/mol. The van der Waals surface area contributed by atoms with E-state index in [9.17, 15) is 4.79 Å². The van der Waals surface area contributed by atoms with Gasteiger partial charge in [0, 0.05) is 18.0 Å². The lowest BCUT2D eigenvalue weighted by molar-refractivity contribution is 0.112. The molecule has 0 aliphatic carbocycles. The Hall–Kier alpha value is -3.40. The second-order valence-electron chi connectivity index (χ2n) is 5.25. The summed E-state index contributed by atoms with van der Waals surface area (Å²) in [5.74, 6) is 1.12. The normalized spacial score (nSPS) is 11.2. The smallest absolute Gasteiger partial charge is 0.153 e. The first-order valence-corrected chi connectivity index (χ1v) is 7.44. The molecule has 0 aliphatic heterocycles. The van der Waals surface area contributed by atoms with Gasteiger partial charge in [0.2, 0.25) is 0 Å². The Morgan fingerprint density at radius 2 is 1.79 bits per heavy atom. The molecule has 0 unspecified atom stereocenters. The number of ether oxygens (including phenoxy) is 1. The topological polar surface area (TPSA) is 76.2 Å². The van der Waals surface area contributed by atoms with E-state index in [4.69, 9.17) is 15.9 Å². The van der Waals surface area contributed by atoms with Crippen LogP contribution in [-0.2, 0) is 0 Å². The zero-order chi connectivity index (χ0) is 16.9. The molecule has 0 aliphatic rings. The minimum atomic E-state index is 0.404. The van der Waals surface area contributed by atoms with E-state index in [1.54, 1.807) is 18.2 Å². The first kappa shape index (κ1) is 15.5. The van der Waals surface area contributed by atoms with E-state index < -0.39 is 0 Å². The first-order chi connectivity index (χ1) is 11.7. The van der Waals surface area contributed by atoms with Crippen LogP contribution in [0.15, 0.2) is 66.9 Å². The van der Waals surface area contributed by atoms with Crippen LogP contribution in [0.2, 0.25) is 0 Å². The molecule has 0 saturated carbocycles. The number of nitrogens with two attached hydrogens (primary N) is 1. The van der Waals surface area contributed by atoms with Crippen molar-refractivity contribution in [1.29, 1.82) is 5.41 Å². The minimum absolute atomic E-state index is 0.404. The quantitative estimate of drug-likeness (QED) is 0.541. The van der Waals surface area contributed by atoms with Crippen molar-refractivity contribution < 1.29 is 9.53 Å². The van der Waals surface area contributed by atoms with Crippen molar-refractivity contribution in [3.63, 3.8) is 0 Å². The molecule has 0 saturated heterocycles. The Balaban J connectivity index is 1.96. The van der Waals surface area contributed by atoms with E-state index in [2.05, 4.69) is 0 Å². The maximum Gasteiger partial charge on any atom is 0.153 e. The van der Waals surface area contributed by atoms with Gasteiger partial charge in [0.05, 0.1) is 5.56 Å². The van der Waals surface area contributed by atoms with Gasteiger partial charge in [-0.25, -0.2) is 0 Å². The lowest BCUT2D eigenvalue weighted by Crippen LogP contribution is -1.95. The summed E-state index contributed by atoms with van der Waals surface area (Å²) in [4.78, 5) is 11.4. The van der Waals surface area contributed by atoms with Gasteiger partial charge < -0.3 is 15.9 Å². The predicted molar refractivity (Wildman–Crippen MR) is 96.8 cm³/mol. The fourth-order valence-electron chi connectivity index (χ4n) is 2.50. The maximum absolute atomic E-state index is 11.4. The van der Waals surface area contributed by atoms with Crippen LogP contribution in [0, 0.1) is 5.41 Å². The lowest BCUT2D eigenvalue weighted by atomic mass is 10.0. The number of allylic oxidation sites excluding steroid dienone is 1. The molecule has 3 rings (SSSR count). The van der Waals surface area contributed by atoms with Gasteiger partial charge in [-0.3, -0.25) is 4.79 Å². The van der Waals surface area contributed by atoms with Crippen LogP contribution in [0.5, 0.6) is 11.5 Å². The van der Waals surface area contributed by atoms with Gasteiger partial charge in [0.15, 0.2) is 6.29 Å². The molecule has 0 radical (unpaired) electrons. The molecule has 0 heterocycles. The number of benzene rings is 3. The highest BCUT2D eigenvalue weighted by molar-refractivity contribution is 6.08. The van der Waals surface area contributed by atoms with Crippen LogP contribution >= 0.6 is 0 Å². The first-order valence-electron chi connectivity index (χ1n) is 7.44. The number of rotatable bonds is 5. The molecule has 118 valence electrons. The lowest BCUT2D eigenvalue weighted by Gasteiger charge is -2.11. The summed E-state index contributed by atoms with van der Waals surface area (Å²) in [7, 11) is 0. The van der Waals surface area contributed by atoms with Crippen molar-refractivity contribution in [1.82, 2.24) is 0 Å². The Kier molecular flexibility index (Phi) is 4.38. The molecule has 3 aromatic rings. The van der Waals surface area contributed by atoms with Crippen molar-refractivity contribution in [2.45, 2.75) is 0 Å². The molecule has 0 atom stereocenters. The van der Waals surface area contributed by atoms with Crippen LogP contribution in [0.25, 0.3) is 16.3 Å². The number of carbonyl (C=O) groups is 1. The van der Waals surface area contributed by atoms with Crippen LogP contribution in [0.3, 0.4) is 0 Å². The highest BCUT2D eigenvalue weighted by Crippen LogP contribution is 2.29. The van der Waals surface area contributed by atoms with Crippen LogP contribution in [-0.4, -0.2) is 12.5 Å². The van der Waals surface area contributed by atoms with Gasteiger partial charge in [-0.05, 0) is 40.6 Å². The minimum Gasteiger partial charge on any atom is -0.457 e. The largest absolute Gasteiger partial charge is 0.457 e. The van der Waals surface area contributed by atoms with E-state index in [1.165, 1.54) is 6.20 Å². The number of fused-ring (bicyclic) bond motifs is 1. The van der Waals surface area contributed by atoms with E-state index in [1.807, 2.05) is 42.5 Å². The Bertz CT molecular complexity index is 945. The SMILES string of the molecule is N=CC(=CN)c1ccc(Oc2ccc3ccccc3c2)c(C=O)c1. The highest BCUT2D eigenvalue weighted by atomic mass is 16.5. The number of carbonyl (C=O) groups excluding carboxylic acids is 1. The van der Waals surface area contributed by atoms with Gasteiger partial charge in [0.25, 0.3) is 0 Å². The summed E-state index contributed by atoms with van der Waals surface area (Å²) in [6.07, 6.45) is 3.21. The predicted octanol–water partition coefficient (Wildman–Crippen LogP) is 4.39. The fourth-order valence-corrected chi connectivity index (χ4v) is 2.50. The molecule has 0 amide bonds. The molecule has 3 N–H and O–H groups in total. The van der Waals surface area contributed by atoms with Crippen LogP contribution in [0.1, 0.15) is 15.9 Å². The zero-order valence-corrected chi connectivity index (χ0v) is 12.9. The molecule has 3 aromatic carbocycles. The third-order valence-corrected chi connectivity index (χ3v) is 3.75. The van der Waals surface area contributed by atoms with Crippen molar-refractivity contribution in [3.8, 4) is 11.5 Å². The maximum atomic E-state index is 11.4. The van der Waals surface area contributed by atoms with E-state index in [0.717, 1.165) is 23.3 Å². The third kappa shape index (κ3) is 3.03. The molecule has 0 bridgehead atoms. The summed E-state index contributed by atoms with van der Waals surface area (Å²) in [5, 5.41) is 9.53. The number of aldehydes is 1. The number of hydrogen-bond donors (Lipinski definition) is 2. The summed E-state index contributed by atoms with van der Waals surface area (Å²) in [5.41, 5.74) is 7.13. The molecule has 0 fully saturated rings. The van der Waals surface area contributed by atoms with Crippen molar-refractivity contribution in [3.05, 3.63) is 78.0 Å². The van der Waals surface area contributed by atoms with Crippen molar-refractivity contribution in [2.24, 2.45) is 5.73 Å². The molecule has 0 aromatic heterocycles. The summed E-state index contributed by atoms with van der Waals surface area (Å²) < 4.78 is 5.87. The van der Waals surface area contributed by atoms with Gasteiger partial charge in [0.1, 0.15) is 11.5 Å².